The summed E-state index contributed by atoms with van der Waals surface area (Å²) in [7, 11) is 0. The largest absolute Gasteiger partial charge is 0.492 e. The van der Waals surface area contributed by atoms with E-state index in [-0.39, 0.29) is 24.5 Å². The van der Waals surface area contributed by atoms with Crippen LogP contribution in [0.15, 0.2) is 42.5 Å². The molecule has 2 atom stereocenters. The van der Waals surface area contributed by atoms with Crippen molar-refractivity contribution in [2.75, 3.05) is 19.8 Å². The minimum Gasteiger partial charge on any atom is -0.492 e. The number of aryl methyl sites for hydroxylation is 2. The van der Waals surface area contributed by atoms with Crippen molar-refractivity contribution in [1.82, 2.24) is 0 Å². The zero-order valence-electron chi connectivity index (χ0n) is 22.3. The van der Waals surface area contributed by atoms with E-state index in [0.717, 1.165) is 72.5 Å². The Hall–Kier alpha value is -3.22. The van der Waals surface area contributed by atoms with Crippen molar-refractivity contribution in [3.63, 3.8) is 0 Å². The summed E-state index contributed by atoms with van der Waals surface area (Å²) in [5.41, 5.74) is 8.00. The third kappa shape index (κ3) is 5.32. The number of carboxylic acid groups (broad SMARTS) is 1. The van der Waals surface area contributed by atoms with Crippen molar-refractivity contribution in [1.29, 1.82) is 0 Å². The molecule has 204 valence electrons. The van der Waals surface area contributed by atoms with E-state index in [4.69, 9.17) is 30.5 Å². The van der Waals surface area contributed by atoms with Crippen LogP contribution in [0.1, 0.15) is 65.5 Å². The predicted molar refractivity (Wildman–Crippen MR) is 149 cm³/mol. The van der Waals surface area contributed by atoms with Gasteiger partial charge >= 0.3 is 5.97 Å². The van der Waals surface area contributed by atoms with Gasteiger partial charge in [0.15, 0.2) is 0 Å². The highest BCUT2D eigenvalue weighted by Crippen LogP contribution is 2.45. The second-order valence-electron chi connectivity index (χ2n) is 10.8. The first-order chi connectivity index (χ1) is 18.9. The minimum absolute atomic E-state index is 0.0615. The monoisotopic (exact) mass is 548 g/mol. The first-order valence-corrected chi connectivity index (χ1v) is 14.1. The summed E-state index contributed by atoms with van der Waals surface area (Å²) in [4.78, 5) is 11.2. The van der Waals surface area contributed by atoms with Crippen LogP contribution in [0.4, 0.5) is 0 Å². The molecule has 3 aromatic carbocycles. The lowest BCUT2D eigenvalue weighted by Gasteiger charge is -2.24. The van der Waals surface area contributed by atoms with E-state index in [1.807, 2.05) is 24.3 Å². The van der Waals surface area contributed by atoms with Crippen LogP contribution in [0.2, 0.25) is 5.02 Å². The summed E-state index contributed by atoms with van der Waals surface area (Å²) in [5, 5.41) is 9.87. The lowest BCUT2D eigenvalue weighted by Crippen LogP contribution is -2.25. The molecule has 0 spiro atoms. The van der Waals surface area contributed by atoms with Crippen molar-refractivity contribution in [2.45, 2.75) is 64.1 Å². The third-order valence-corrected chi connectivity index (χ3v) is 8.28. The van der Waals surface area contributed by atoms with Gasteiger partial charge in [-0.2, -0.15) is 0 Å². The van der Waals surface area contributed by atoms with Crippen molar-refractivity contribution in [3.05, 3.63) is 75.3 Å². The Balaban J connectivity index is 1.25. The number of halogens is 1. The zero-order chi connectivity index (χ0) is 27.1. The molecule has 0 aromatic heterocycles. The van der Waals surface area contributed by atoms with Gasteiger partial charge in [0.05, 0.1) is 26.2 Å². The number of ether oxygens (including phenoxy) is 4. The fourth-order valence-corrected chi connectivity index (χ4v) is 6.50. The Morgan fingerprint density at radius 1 is 0.974 bits per heavy atom. The maximum absolute atomic E-state index is 11.2. The summed E-state index contributed by atoms with van der Waals surface area (Å²) >= 11 is 6.69. The van der Waals surface area contributed by atoms with Gasteiger partial charge < -0.3 is 24.1 Å². The molecule has 1 fully saturated rings. The van der Waals surface area contributed by atoms with E-state index in [1.54, 1.807) is 0 Å². The van der Waals surface area contributed by atoms with Crippen molar-refractivity contribution < 1.29 is 28.8 Å². The predicted octanol–water partition coefficient (Wildman–Crippen LogP) is 7.20. The first kappa shape index (κ1) is 26.0. The van der Waals surface area contributed by atoms with Crippen LogP contribution >= 0.6 is 11.6 Å². The van der Waals surface area contributed by atoms with Crippen molar-refractivity contribution in [2.24, 2.45) is 0 Å². The van der Waals surface area contributed by atoms with Crippen LogP contribution in [0.25, 0.3) is 11.1 Å². The molecule has 0 bridgehead atoms. The SMILES string of the molecule is Cc1cc(OC2CCOCC2)cc(C)c1-c1cc(Cl)cc2c1CC[C@H]2Oc1ccc2c(c1)OCC2CC(=O)O. The van der Waals surface area contributed by atoms with Crippen molar-refractivity contribution >= 4 is 17.6 Å². The second-order valence-corrected chi connectivity index (χ2v) is 11.3. The average molecular weight is 549 g/mol. The Bertz CT molecular complexity index is 1390. The molecule has 1 saturated heterocycles. The van der Waals surface area contributed by atoms with Gasteiger partial charge in [0.1, 0.15) is 29.5 Å². The normalized spacial score (nSPS) is 20.3. The molecule has 6 nitrogen and oxygen atoms in total. The summed E-state index contributed by atoms with van der Waals surface area (Å²) in [6.45, 7) is 6.16. The van der Waals surface area contributed by atoms with Gasteiger partial charge in [0.25, 0.3) is 0 Å². The van der Waals surface area contributed by atoms with E-state index in [1.165, 1.54) is 11.1 Å². The van der Waals surface area contributed by atoms with Gasteiger partial charge in [-0.25, -0.2) is 0 Å². The van der Waals surface area contributed by atoms with E-state index < -0.39 is 5.97 Å². The van der Waals surface area contributed by atoms with Crippen LogP contribution in [0.3, 0.4) is 0 Å². The second kappa shape index (κ2) is 10.7. The lowest BCUT2D eigenvalue weighted by atomic mass is 9.90. The average Bonchev–Trinajstić information content (AvgIpc) is 3.47. The third-order valence-electron chi connectivity index (χ3n) is 8.06. The molecule has 3 aromatic rings. The van der Waals surface area contributed by atoms with E-state index >= 15 is 0 Å². The van der Waals surface area contributed by atoms with Crippen LogP contribution < -0.4 is 14.2 Å². The molecule has 0 saturated carbocycles. The summed E-state index contributed by atoms with van der Waals surface area (Å²) in [6, 6.07) is 14.1. The molecule has 0 amide bonds. The maximum Gasteiger partial charge on any atom is 0.304 e. The van der Waals surface area contributed by atoms with Gasteiger partial charge in [-0.15, -0.1) is 0 Å². The van der Waals surface area contributed by atoms with Gasteiger partial charge in [-0.1, -0.05) is 17.7 Å². The summed E-state index contributed by atoms with van der Waals surface area (Å²) in [5.74, 6) is 1.38. The number of fused-ring (bicyclic) bond motifs is 2. The Labute approximate surface area is 233 Å². The van der Waals surface area contributed by atoms with E-state index in [2.05, 4.69) is 32.0 Å². The van der Waals surface area contributed by atoms with Gasteiger partial charge in [0.2, 0.25) is 0 Å². The summed E-state index contributed by atoms with van der Waals surface area (Å²) in [6.07, 6.45) is 3.73. The molecule has 2 aliphatic heterocycles. The minimum atomic E-state index is -0.820. The van der Waals surface area contributed by atoms with E-state index in [0.29, 0.717) is 23.1 Å². The molecule has 7 heteroatoms. The molecular formula is C32H33ClO6. The van der Waals surface area contributed by atoms with Crippen LogP contribution in [-0.2, 0) is 16.0 Å². The molecular weight excluding hydrogens is 516 g/mol. The number of carboxylic acids is 1. The highest BCUT2D eigenvalue weighted by Gasteiger charge is 2.30. The Morgan fingerprint density at radius 2 is 1.74 bits per heavy atom. The molecule has 39 heavy (non-hydrogen) atoms. The summed E-state index contributed by atoms with van der Waals surface area (Å²) < 4.78 is 24.0. The molecule has 6 rings (SSSR count). The topological polar surface area (TPSA) is 74.2 Å². The number of rotatable bonds is 7. The number of carbonyl (C=O) groups is 1. The quantitative estimate of drug-likeness (QED) is 0.336. The van der Waals surface area contributed by atoms with Gasteiger partial charge in [-0.3, -0.25) is 4.79 Å². The number of hydrogen-bond acceptors (Lipinski definition) is 5. The lowest BCUT2D eigenvalue weighted by molar-refractivity contribution is -0.137. The fraction of sp³-hybridized carbons (Fsp3) is 0.406. The molecule has 2 heterocycles. The molecule has 1 N–H and O–H groups in total. The van der Waals surface area contributed by atoms with Gasteiger partial charge in [-0.05, 0) is 90.4 Å². The first-order valence-electron chi connectivity index (χ1n) is 13.7. The highest BCUT2D eigenvalue weighted by molar-refractivity contribution is 6.31. The smallest absolute Gasteiger partial charge is 0.304 e. The van der Waals surface area contributed by atoms with Crippen LogP contribution in [0, 0.1) is 13.8 Å². The Kier molecular flexibility index (Phi) is 7.17. The Morgan fingerprint density at radius 3 is 2.49 bits per heavy atom. The zero-order valence-corrected chi connectivity index (χ0v) is 23.1. The van der Waals surface area contributed by atoms with E-state index in [9.17, 15) is 9.90 Å². The van der Waals surface area contributed by atoms with Crippen molar-refractivity contribution in [3.8, 4) is 28.4 Å². The van der Waals surface area contributed by atoms with Crippen LogP contribution in [-0.4, -0.2) is 37.0 Å². The highest BCUT2D eigenvalue weighted by atomic mass is 35.5. The molecule has 0 radical (unpaired) electrons. The standard InChI is InChI=1S/C32H33ClO6/c1-18-11-24(38-22-7-9-36-10-8-22)12-19(2)32(18)28-15-21(33)14-27-26(28)5-6-29(27)39-23-3-4-25-20(13-31(34)35)17-37-30(25)16-23/h3-4,11-12,14-16,20,22,29H,5-10,13,17H2,1-2H3,(H,34,35)/t20?,29-/m1/s1. The molecule has 3 aliphatic rings. The van der Waals surface area contributed by atoms with Crippen LogP contribution in [0.5, 0.6) is 17.2 Å². The number of hydrogen-bond donors (Lipinski definition) is 1. The maximum atomic E-state index is 11.2. The number of aliphatic carboxylic acids is 1. The fourth-order valence-electron chi connectivity index (χ4n) is 6.28. The molecule has 1 aliphatic carbocycles. The molecule has 1 unspecified atom stereocenters. The van der Waals surface area contributed by atoms with Gasteiger partial charge in [0, 0.05) is 35.4 Å². The number of benzene rings is 3.